The van der Waals surface area contributed by atoms with Crippen molar-refractivity contribution < 1.29 is 14.3 Å². The smallest absolute Gasteiger partial charge is 0.414 e. The van der Waals surface area contributed by atoms with E-state index in [0.29, 0.717) is 31.0 Å². The maximum atomic E-state index is 12.2. The van der Waals surface area contributed by atoms with Gasteiger partial charge in [0.1, 0.15) is 12.3 Å². The van der Waals surface area contributed by atoms with Crippen molar-refractivity contribution in [3.63, 3.8) is 0 Å². The van der Waals surface area contributed by atoms with E-state index in [1.807, 2.05) is 19.1 Å². The molecule has 1 amide bonds. The molecule has 0 spiro atoms. The van der Waals surface area contributed by atoms with Crippen LogP contribution in [0.15, 0.2) is 30.6 Å². The number of pyridine rings is 2. The topological polar surface area (TPSA) is 135 Å². The summed E-state index contributed by atoms with van der Waals surface area (Å²) in [5.74, 6) is 0.784. The quantitative estimate of drug-likeness (QED) is 0.496. The van der Waals surface area contributed by atoms with Crippen molar-refractivity contribution in [1.82, 2.24) is 15.3 Å². The van der Waals surface area contributed by atoms with Crippen molar-refractivity contribution in [2.45, 2.75) is 25.8 Å². The second-order valence-corrected chi connectivity index (χ2v) is 8.09. The molecule has 0 unspecified atom stereocenters. The molecule has 1 aliphatic carbocycles. The van der Waals surface area contributed by atoms with Crippen LogP contribution in [-0.2, 0) is 0 Å². The summed E-state index contributed by atoms with van der Waals surface area (Å²) in [5.41, 5.74) is 10.6. The number of carbonyl (C=O) groups is 1. The summed E-state index contributed by atoms with van der Waals surface area (Å²) in [6.45, 7) is 3.33. The average molecular weight is 467 g/mol. The Bertz CT molecular complexity index is 1270. The minimum atomic E-state index is -0.580. The zero-order chi connectivity index (χ0) is 22.2. The Morgan fingerprint density at radius 2 is 2.12 bits per heavy atom. The summed E-state index contributed by atoms with van der Waals surface area (Å²) in [4.78, 5) is 20.8. The van der Waals surface area contributed by atoms with Crippen LogP contribution in [0.3, 0.4) is 0 Å². The Balaban J connectivity index is 0.00000259. The number of anilines is 2. The van der Waals surface area contributed by atoms with E-state index in [1.165, 1.54) is 0 Å². The highest BCUT2D eigenvalue weighted by Gasteiger charge is 2.30. The molecule has 1 aromatic carbocycles. The third-order valence-corrected chi connectivity index (χ3v) is 5.94. The number of halogens is 1. The molecule has 9 nitrogen and oxygen atoms in total. The van der Waals surface area contributed by atoms with Gasteiger partial charge in [0.15, 0.2) is 0 Å². The first kappa shape index (κ1) is 22.4. The molecular formula is C23H23ClN6O3. The lowest BCUT2D eigenvalue weighted by atomic mass is 9.81. The lowest BCUT2D eigenvalue weighted by Gasteiger charge is -2.30. The molecule has 5 rings (SSSR count). The summed E-state index contributed by atoms with van der Waals surface area (Å²) < 4.78 is 11.0. The number of hydrogen-bond donors (Lipinski definition) is 3. The predicted molar refractivity (Wildman–Crippen MR) is 127 cm³/mol. The first-order valence-corrected chi connectivity index (χ1v) is 10.5. The fourth-order valence-corrected chi connectivity index (χ4v) is 4.12. The molecule has 4 N–H and O–H groups in total. The zero-order valence-electron chi connectivity index (χ0n) is 17.9. The number of amides is 1. The standard InChI is InChI=1S/C23H22N6O3.ClH/c1-12-17(10-28-22-21(12)26-2-3-31-22)14-6-15-8-20(27-11-18(15)19(25)7-14)32-23(30)29-16-4-13(5-16)9-24;/h6-8,10-11,13,16,26H,2-5,25H2,1H3,(H,29,30);1H. The molecule has 33 heavy (non-hydrogen) atoms. The number of nitrogens with one attached hydrogen (secondary N) is 2. The van der Waals surface area contributed by atoms with Gasteiger partial charge in [-0.1, -0.05) is 0 Å². The number of nitrogens with zero attached hydrogens (tertiary/aromatic N) is 3. The minimum Gasteiger partial charge on any atom is -0.474 e. The van der Waals surface area contributed by atoms with Gasteiger partial charge in [-0.25, -0.2) is 14.8 Å². The Morgan fingerprint density at radius 3 is 2.91 bits per heavy atom. The van der Waals surface area contributed by atoms with Crippen LogP contribution >= 0.6 is 12.4 Å². The van der Waals surface area contributed by atoms with Crippen LogP contribution in [0.1, 0.15) is 18.4 Å². The number of ether oxygens (including phenoxy) is 2. The summed E-state index contributed by atoms with van der Waals surface area (Å²) in [6.07, 6.45) is 4.08. The number of aromatic nitrogens is 2. The van der Waals surface area contributed by atoms with Crippen LogP contribution in [0.4, 0.5) is 16.2 Å². The maximum absolute atomic E-state index is 12.2. The van der Waals surface area contributed by atoms with Gasteiger partial charge < -0.3 is 25.8 Å². The van der Waals surface area contributed by atoms with Gasteiger partial charge >= 0.3 is 6.09 Å². The minimum absolute atomic E-state index is 0. The van der Waals surface area contributed by atoms with Crippen molar-refractivity contribution in [1.29, 1.82) is 5.26 Å². The highest BCUT2D eigenvalue weighted by Crippen LogP contribution is 2.37. The Hall–Kier alpha value is -3.77. The van der Waals surface area contributed by atoms with Crippen LogP contribution in [0.2, 0.25) is 0 Å². The van der Waals surface area contributed by atoms with E-state index in [-0.39, 0.29) is 30.2 Å². The second-order valence-electron chi connectivity index (χ2n) is 8.09. The van der Waals surface area contributed by atoms with Gasteiger partial charge in [-0.3, -0.25) is 0 Å². The fraction of sp³-hybridized carbons (Fsp3) is 0.304. The van der Waals surface area contributed by atoms with Crippen molar-refractivity contribution in [2.24, 2.45) is 5.92 Å². The number of nitriles is 1. The molecule has 2 aliphatic rings. The Kier molecular flexibility index (Phi) is 6.11. The zero-order valence-corrected chi connectivity index (χ0v) is 18.7. The summed E-state index contributed by atoms with van der Waals surface area (Å²) in [7, 11) is 0. The molecule has 0 bridgehead atoms. The molecule has 0 radical (unpaired) electrons. The highest BCUT2D eigenvalue weighted by atomic mass is 35.5. The third kappa shape index (κ3) is 4.30. The van der Waals surface area contributed by atoms with Crippen molar-refractivity contribution in [3.8, 4) is 29.0 Å². The van der Waals surface area contributed by atoms with Crippen LogP contribution in [0.25, 0.3) is 21.9 Å². The van der Waals surface area contributed by atoms with Gasteiger partial charge in [0, 0.05) is 47.7 Å². The molecule has 10 heteroatoms. The van der Waals surface area contributed by atoms with Crippen LogP contribution in [0.5, 0.6) is 11.8 Å². The number of rotatable bonds is 3. The predicted octanol–water partition coefficient (Wildman–Crippen LogP) is 3.80. The van der Waals surface area contributed by atoms with E-state index in [9.17, 15) is 4.79 Å². The second kappa shape index (κ2) is 9.00. The van der Waals surface area contributed by atoms with E-state index in [0.717, 1.165) is 39.7 Å². The largest absolute Gasteiger partial charge is 0.474 e. The summed E-state index contributed by atoms with van der Waals surface area (Å²) in [5, 5.41) is 16.5. The maximum Gasteiger partial charge on any atom is 0.414 e. The molecule has 3 aromatic rings. The van der Waals surface area contributed by atoms with Gasteiger partial charge in [0.05, 0.1) is 12.0 Å². The number of benzene rings is 1. The summed E-state index contributed by atoms with van der Waals surface area (Å²) >= 11 is 0. The average Bonchev–Trinajstić information content (AvgIpc) is 2.76. The van der Waals surface area contributed by atoms with Gasteiger partial charge in [-0.15, -0.1) is 12.4 Å². The fourth-order valence-electron chi connectivity index (χ4n) is 4.12. The molecule has 0 atom stereocenters. The van der Waals surface area contributed by atoms with E-state index in [4.69, 9.17) is 20.5 Å². The summed E-state index contributed by atoms with van der Waals surface area (Å²) in [6, 6.07) is 7.71. The highest BCUT2D eigenvalue weighted by molar-refractivity contribution is 5.97. The van der Waals surface area contributed by atoms with E-state index in [1.54, 1.807) is 18.5 Å². The molecule has 2 aromatic heterocycles. The van der Waals surface area contributed by atoms with E-state index >= 15 is 0 Å². The van der Waals surface area contributed by atoms with Gasteiger partial charge in [-0.05, 0) is 48.4 Å². The first-order chi connectivity index (χ1) is 15.5. The van der Waals surface area contributed by atoms with Gasteiger partial charge in [0.2, 0.25) is 11.8 Å². The molecule has 1 fully saturated rings. The lowest BCUT2D eigenvalue weighted by Crippen LogP contribution is -2.45. The SMILES string of the molecule is Cc1c(-c2cc(N)c3cnc(OC(=O)NC4CC(C#N)C4)cc3c2)cnc2c1NCCO2.Cl. The number of hydrogen-bond acceptors (Lipinski definition) is 8. The number of fused-ring (bicyclic) bond motifs is 2. The van der Waals surface area contributed by atoms with Crippen LogP contribution in [-0.4, -0.2) is 35.3 Å². The Labute approximate surface area is 196 Å². The van der Waals surface area contributed by atoms with E-state index < -0.39 is 6.09 Å². The Morgan fingerprint density at radius 1 is 1.30 bits per heavy atom. The monoisotopic (exact) mass is 466 g/mol. The van der Waals surface area contributed by atoms with Crippen molar-refractivity contribution >= 4 is 40.6 Å². The molecule has 1 saturated carbocycles. The normalized spacial score (nSPS) is 18.4. The first-order valence-electron chi connectivity index (χ1n) is 10.5. The number of carbonyl (C=O) groups excluding carboxylic acids is 1. The van der Waals surface area contributed by atoms with E-state index in [2.05, 4.69) is 26.7 Å². The molecule has 1 aliphatic heterocycles. The third-order valence-electron chi connectivity index (χ3n) is 5.94. The lowest BCUT2D eigenvalue weighted by molar-refractivity contribution is 0.180. The van der Waals surface area contributed by atoms with Crippen LogP contribution in [0, 0.1) is 24.2 Å². The molecule has 3 heterocycles. The van der Waals surface area contributed by atoms with Crippen molar-refractivity contribution in [3.05, 3.63) is 36.2 Å². The van der Waals surface area contributed by atoms with Gasteiger partial charge in [-0.2, -0.15) is 5.26 Å². The van der Waals surface area contributed by atoms with Gasteiger partial charge in [0.25, 0.3) is 0 Å². The van der Waals surface area contributed by atoms with Crippen molar-refractivity contribution in [2.75, 3.05) is 24.2 Å². The number of nitrogens with two attached hydrogens (primary N) is 1. The van der Waals surface area contributed by atoms with Crippen LogP contribution < -0.4 is 25.8 Å². The molecular weight excluding hydrogens is 444 g/mol. The molecule has 0 saturated heterocycles. The number of nitrogen functional groups attached to an aromatic ring is 1. The molecule has 170 valence electrons.